The van der Waals surface area contributed by atoms with Gasteiger partial charge in [-0.1, -0.05) is 49.1 Å². The van der Waals surface area contributed by atoms with Crippen LogP contribution in [0.15, 0.2) is 42.6 Å². The zero-order chi connectivity index (χ0) is 19.1. The van der Waals surface area contributed by atoms with E-state index >= 15 is 0 Å². The van der Waals surface area contributed by atoms with Crippen LogP contribution in [0.5, 0.6) is 0 Å². The number of hydrogen-bond donors (Lipinski definition) is 0. The maximum absolute atomic E-state index is 13.1. The van der Waals surface area contributed by atoms with E-state index in [1.807, 2.05) is 4.90 Å². The molecule has 1 aliphatic rings. The Balaban J connectivity index is 1.71. The fourth-order valence-corrected chi connectivity index (χ4v) is 4.03. The topological polar surface area (TPSA) is 34.5 Å². The molecular weight excluding hydrogens is 336 g/mol. The number of ether oxygens (including phenoxy) is 1. The molecule has 0 radical (unpaired) electrons. The lowest BCUT2D eigenvalue weighted by Gasteiger charge is -2.29. The van der Waals surface area contributed by atoms with Crippen molar-refractivity contribution in [1.82, 2.24) is 9.47 Å². The number of rotatable bonds is 8. The molecule has 1 heterocycles. The third-order valence-electron chi connectivity index (χ3n) is 5.54. The lowest BCUT2D eigenvalue weighted by atomic mass is 9.88. The second-order valence-electron chi connectivity index (χ2n) is 7.70. The molecule has 1 aromatic heterocycles. The molecule has 2 aromatic rings. The van der Waals surface area contributed by atoms with Crippen molar-refractivity contribution in [3.05, 3.63) is 59.4 Å². The summed E-state index contributed by atoms with van der Waals surface area (Å²) in [5.41, 5.74) is 3.74. The van der Waals surface area contributed by atoms with Crippen LogP contribution in [0.1, 0.15) is 48.9 Å². The van der Waals surface area contributed by atoms with Gasteiger partial charge in [0, 0.05) is 38.0 Å². The van der Waals surface area contributed by atoms with Crippen LogP contribution in [-0.4, -0.2) is 35.6 Å². The molecule has 3 rings (SSSR count). The average Bonchev–Trinajstić information content (AvgIpc) is 3.12. The molecule has 4 nitrogen and oxygen atoms in total. The molecule has 1 fully saturated rings. The van der Waals surface area contributed by atoms with Crippen LogP contribution in [0.4, 0.5) is 0 Å². The Morgan fingerprint density at radius 2 is 2.00 bits per heavy atom. The molecule has 0 spiro atoms. The Kier molecular flexibility index (Phi) is 7.11. The predicted molar refractivity (Wildman–Crippen MR) is 109 cm³/mol. The molecule has 4 heteroatoms. The van der Waals surface area contributed by atoms with Crippen molar-refractivity contribution in [2.24, 2.45) is 5.92 Å². The van der Waals surface area contributed by atoms with E-state index in [-0.39, 0.29) is 5.92 Å². The van der Waals surface area contributed by atoms with E-state index in [0.29, 0.717) is 25.6 Å². The van der Waals surface area contributed by atoms with E-state index in [4.69, 9.17) is 4.74 Å². The van der Waals surface area contributed by atoms with E-state index in [2.05, 4.69) is 54.1 Å². The molecule has 0 atom stereocenters. The van der Waals surface area contributed by atoms with Gasteiger partial charge in [-0.3, -0.25) is 4.79 Å². The van der Waals surface area contributed by atoms with Crippen molar-refractivity contribution in [2.45, 2.75) is 52.1 Å². The van der Waals surface area contributed by atoms with Crippen molar-refractivity contribution in [1.29, 1.82) is 0 Å². The molecular formula is C23H32N2O2. The molecule has 1 saturated carbocycles. The van der Waals surface area contributed by atoms with Crippen LogP contribution >= 0.6 is 0 Å². The summed E-state index contributed by atoms with van der Waals surface area (Å²) in [7, 11) is 1.70. The maximum Gasteiger partial charge on any atom is 0.226 e. The van der Waals surface area contributed by atoms with Crippen molar-refractivity contribution in [3.8, 4) is 0 Å². The van der Waals surface area contributed by atoms with Gasteiger partial charge < -0.3 is 14.2 Å². The maximum atomic E-state index is 13.1. The van der Waals surface area contributed by atoms with Crippen molar-refractivity contribution in [3.63, 3.8) is 0 Å². The molecule has 0 unspecified atom stereocenters. The van der Waals surface area contributed by atoms with Gasteiger partial charge in [0.1, 0.15) is 0 Å². The Bertz CT molecular complexity index is 731. The highest BCUT2D eigenvalue weighted by Crippen LogP contribution is 2.26. The lowest BCUT2D eigenvalue weighted by Crippen LogP contribution is -2.39. The molecule has 0 saturated heterocycles. The summed E-state index contributed by atoms with van der Waals surface area (Å²) in [6, 6.07) is 12.8. The predicted octanol–water partition coefficient (Wildman–Crippen LogP) is 4.40. The SMILES string of the molecule is COCCN(Cc1cccn1Cc1cccc(C)c1)C(=O)C1CCCCC1. The Morgan fingerprint density at radius 3 is 2.74 bits per heavy atom. The minimum absolute atomic E-state index is 0.191. The number of aromatic nitrogens is 1. The number of nitrogens with zero attached hydrogens (tertiary/aromatic N) is 2. The van der Waals surface area contributed by atoms with Gasteiger partial charge in [0.15, 0.2) is 0 Å². The quantitative estimate of drug-likeness (QED) is 0.692. The Hall–Kier alpha value is -2.07. The van der Waals surface area contributed by atoms with E-state index in [1.165, 1.54) is 36.1 Å². The van der Waals surface area contributed by atoms with E-state index in [9.17, 15) is 4.79 Å². The first kappa shape index (κ1) is 19.7. The Labute approximate surface area is 163 Å². The molecule has 27 heavy (non-hydrogen) atoms. The monoisotopic (exact) mass is 368 g/mol. The number of hydrogen-bond acceptors (Lipinski definition) is 2. The molecule has 1 aromatic carbocycles. The molecule has 1 aliphatic carbocycles. The smallest absolute Gasteiger partial charge is 0.226 e. The summed E-state index contributed by atoms with van der Waals surface area (Å²) in [6.45, 7) is 4.84. The van der Waals surface area contributed by atoms with Gasteiger partial charge in [-0.15, -0.1) is 0 Å². The van der Waals surface area contributed by atoms with Crippen LogP contribution < -0.4 is 0 Å². The number of benzene rings is 1. The van der Waals surface area contributed by atoms with Crippen molar-refractivity contribution >= 4 is 5.91 Å². The molecule has 0 N–H and O–H groups in total. The fourth-order valence-electron chi connectivity index (χ4n) is 4.03. The molecule has 146 valence electrons. The highest BCUT2D eigenvalue weighted by Gasteiger charge is 2.26. The second kappa shape index (κ2) is 9.75. The minimum Gasteiger partial charge on any atom is -0.383 e. The van der Waals surface area contributed by atoms with Gasteiger partial charge in [-0.2, -0.15) is 0 Å². The zero-order valence-corrected chi connectivity index (χ0v) is 16.7. The normalized spacial score (nSPS) is 15.0. The highest BCUT2D eigenvalue weighted by atomic mass is 16.5. The van der Waals surface area contributed by atoms with Crippen LogP contribution in [0.3, 0.4) is 0 Å². The first-order chi connectivity index (χ1) is 13.2. The first-order valence-electron chi connectivity index (χ1n) is 10.1. The third-order valence-corrected chi connectivity index (χ3v) is 5.54. The van der Waals surface area contributed by atoms with Crippen LogP contribution in [0, 0.1) is 12.8 Å². The minimum atomic E-state index is 0.191. The summed E-state index contributed by atoms with van der Waals surface area (Å²) in [5, 5.41) is 0. The molecule has 0 bridgehead atoms. The van der Waals surface area contributed by atoms with E-state index in [1.54, 1.807) is 7.11 Å². The summed E-state index contributed by atoms with van der Waals surface area (Å²) in [4.78, 5) is 15.1. The lowest BCUT2D eigenvalue weighted by molar-refractivity contribution is -0.138. The van der Waals surface area contributed by atoms with Gasteiger partial charge in [0.25, 0.3) is 0 Å². The van der Waals surface area contributed by atoms with Crippen molar-refractivity contribution < 1.29 is 9.53 Å². The standard InChI is InChI=1S/C23H32N2O2/c1-19-8-6-9-20(16-19)17-24-13-7-12-22(24)18-25(14-15-27-2)23(26)21-10-4-3-5-11-21/h6-9,12-13,16,21H,3-5,10-11,14-15,17-18H2,1-2H3. The largest absolute Gasteiger partial charge is 0.383 e. The zero-order valence-electron chi connectivity index (χ0n) is 16.7. The van der Waals surface area contributed by atoms with Crippen molar-refractivity contribution in [2.75, 3.05) is 20.3 Å². The van der Waals surface area contributed by atoms with Crippen LogP contribution in [0.2, 0.25) is 0 Å². The van der Waals surface area contributed by atoms with E-state index in [0.717, 1.165) is 19.4 Å². The number of methoxy groups -OCH3 is 1. The van der Waals surface area contributed by atoms with Gasteiger partial charge in [-0.05, 0) is 37.5 Å². The van der Waals surface area contributed by atoms with Gasteiger partial charge >= 0.3 is 0 Å². The van der Waals surface area contributed by atoms with Gasteiger partial charge in [-0.25, -0.2) is 0 Å². The number of carbonyl (C=O) groups is 1. The summed E-state index contributed by atoms with van der Waals surface area (Å²) < 4.78 is 7.52. The average molecular weight is 369 g/mol. The molecule has 1 amide bonds. The van der Waals surface area contributed by atoms with E-state index < -0.39 is 0 Å². The fraction of sp³-hybridized carbons (Fsp3) is 0.522. The van der Waals surface area contributed by atoms with Gasteiger partial charge in [0.05, 0.1) is 13.2 Å². The highest BCUT2D eigenvalue weighted by molar-refractivity contribution is 5.78. The summed E-state index contributed by atoms with van der Waals surface area (Å²) in [5.74, 6) is 0.492. The Morgan fingerprint density at radius 1 is 1.19 bits per heavy atom. The molecule has 0 aliphatic heterocycles. The summed E-state index contributed by atoms with van der Waals surface area (Å²) in [6.07, 6.45) is 7.80. The van der Waals surface area contributed by atoms with Crippen LogP contribution in [-0.2, 0) is 22.6 Å². The summed E-state index contributed by atoms with van der Waals surface area (Å²) >= 11 is 0. The first-order valence-corrected chi connectivity index (χ1v) is 10.1. The second-order valence-corrected chi connectivity index (χ2v) is 7.70. The van der Waals surface area contributed by atoms with Crippen LogP contribution in [0.25, 0.3) is 0 Å². The number of carbonyl (C=O) groups excluding carboxylic acids is 1. The third kappa shape index (κ3) is 5.46. The number of amides is 1. The number of aryl methyl sites for hydroxylation is 1. The van der Waals surface area contributed by atoms with Gasteiger partial charge in [0.2, 0.25) is 5.91 Å².